The van der Waals surface area contributed by atoms with Crippen molar-refractivity contribution >= 4 is 28.4 Å². The first-order chi connectivity index (χ1) is 18.6. The number of amides is 1. The van der Waals surface area contributed by atoms with Crippen LogP contribution in [-0.2, 0) is 25.5 Å². The van der Waals surface area contributed by atoms with E-state index >= 15 is 0 Å². The molecule has 0 radical (unpaired) electrons. The van der Waals surface area contributed by atoms with Crippen LogP contribution < -0.4 is 5.32 Å². The Morgan fingerprint density at radius 2 is 1.90 bits per heavy atom. The minimum atomic E-state index is -1.41. The highest BCUT2D eigenvalue weighted by Gasteiger charge is 2.78. The zero-order chi connectivity index (χ0) is 27.7. The number of ketones is 2. The van der Waals surface area contributed by atoms with Crippen LogP contribution >= 0.6 is 0 Å². The molecule has 1 saturated carbocycles. The summed E-state index contributed by atoms with van der Waals surface area (Å²) in [5.41, 5.74) is 0.805. The van der Waals surface area contributed by atoms with Gasteiger partial charge in [-0.2, -0.15) is 0 Å². The van der Waals surface area contributed by atoms with Gasteiger partial charge in [-0.25, -0.2) is 0 Å². The zero-order valence-corrected chi connectivity index (χ0v) is 22.8. The van der Waals surface area contributed by atoms with Gasteiger partial charge in [0.2, 0.25) is 5.91 Å². The first kappa shape index (κ1) is 26.0. The van der Waals surface area contributed by atoms with Gasteiger partial charge in [-0.15, -0.1) is 0 Å². The second kappa shape index (κ2) is 9.14. The number of benzene rings is 1. The van der Waals surface area contributed by atoms with E-state index in [9.17, 15) is 19.5 Å². The van der Waals surface area contributed by atoms with E-state index in [1.54, 1.807) is 6.92 Å². The van der Waals surface area contributed by atoms with Gasteiger partial charge in [0.15, 0.2) is 11.6 Å². The Labute approximate surface area is 228 Å². The number of ether oxygens (including phenoxy) is 1. The first-order valence-electron chi connectivity index (χ1n) is 13.9. The van der Waals surface area contributed by atoms with Crippen molar-refractivity contribution in [2.24, 2.45) is 29.1 Å². The molecule has 4 aliphatic rings. The second-order valence-electron chi connectivity index (χ2n) is 12.1. The molecule has 1 aromatic heterocycles. The zero-order valence-electron chi connectivity index (χ0n) is 22.8. The number of aliphatic hydroxyl groups is 1. The fourth-order valence-electron chi connectivity index (χ4n) is 7.66. The van der Waals surface area contributed by atoms with E-state index in [2.05, 4.69) is 30.2 Å². The summed E-state index contributed by atoms with van der Waals surface area (Å²) in [5, 5.41) is 14.9. The maximum atomic E-state index is 14.2. The molecule has 3 heterocycles. The Kier molecular flexibility index (Phi) is 6.08. The molecule has 9 atom stereocenters. The minimum Gasteiger partial charge on any atom is -0.381 e. The Balaban J connectivity index is 1.46. The lowest BCUT2D eigenvalue weighted by atomic mass is 9.51. The van der Waals surface area contributed by atoms with Gasteiger partial charge in [-0.3, -0.25) is 14.4 Å². The fourth-order valence-corrected chi connectivity index (χ4v) is 7.66. The summed E-state index contributed by atoms with van der Waals surface area (Å²) in [6.45, 7) is 7.90. The van der Waals surface area contributed by atoms with E-state index in [1.807, 2.05) is 49.5 Å². The lowest BCUT2D eigenvalue weighted by Crippen LogP contribution is -2.58. The number of carbonyl (C=O) groups excluding carboxylic acids is 3. The lowest BCUT2D eigenvalue weighted by molar-refractivity contribution is -0.145. The van der Waals surface area contributed by atoms with E-state index in [0.29, 0.717) is 18.4 Å². The number of hydrogen-bond donors (Lipinski definition) is 3. The maximum Gasteiger partial charge on any atom is 0.235 e. The summed E-state index contributed by atoms with van der Waals surface area (Å²) in [5.74, 6) is -2.11. The topological polar surface area (TPSA) is 112 Å². The quantitative estimate of drug-likeness (QED) is 0.312. The van der Waals surface area contributed by atoms with Gasteiger partial charge < -0.3 is 20.1 Å². The standard InChI is InChI=1S/C32H36N2O5/c1-17-8-7-10-22-29-31(4,39-29)19(3)27-24(15-20-16-33-23-11-6-5-9-21(20)23)34-30(38)32(22,27)26(36)13-12-25(35)28(37)18(2)14-17/h5-7,9-14,16-17,19,22,24,27-29,33,37H,8,15H2,1-4H3,(H,34,38)/b10-7+,13-12+,18-14+/t17-,19-,22-,24-,27-,28+,29-,31+,32?/m0/s1. The van der Waals surface area contributed by atoms with E-state index in [-0.39, 0.29) is 35.8 Å². The van der Waals surface area contributed by atoms with E-state index in [1.165, 1.54) is 6.08 Å². The number of hydrogen-bond acceptors (Lipinski definition) is 5. The number of allylic oxidation sites excluding steroid dienone is 3. The average Bonchev–Trinajstić information content (AvgIpc) is 3.31. The summed E-state index contributed by atoms with van der Waals surface area (Å²) >= 11 is 0. The van der Waals surface area contributed by atoms with Crippen molar-refractivity contribution in [3.8, 4) is 0 Å². The van der Waals surface area contributed by atoms with Crippen LogP contribution in [-0.4, -0.2) is 51.4 Å². The van der Waals surface area contributed by atoms with Crippen LogP contribution in [0.2, 0.25) is 0 Å². The number of para-hydroxylation sites is 1. The van der Waals surface area contributed by atoms with Crippen LogP contribution in [0.4, 0.5) is 0 Å². The van der Waals surface area contributed by atoms with E-state index in [4.69, 9.17) is 4.74 Å². The molecule has 7 heteroatoms. The molecule has 2 aliphatic carbocycles. The van der Waals surface area contributed by atoms with Gasteiger partial charge in [0.05, 0.1) is 11.7 Å². The maximum absolute atomic E-state index is 14.2. The number of rotatable bonds is 2. The molecule has 6 rings (SSSR count). The Morgan fingerprint density at radius 3 is 2.69 bits per heavy atom. The van der Waals surface area contributed by atoms with Gasteiger partial charge in [0.25, 0.3) is 0 Å². The number of carbonyl (C=O) groups is 3. The summed E-state index contributed by atoms with van der Waals surface area (Å²) < 4.78 is 6.33. The summed E-state index contributed by atoms with van der Waals surface area (Å²) in [4.78, 5) is 44.5. The fraction of sp³-hybridized carbons (Fsp3) is 0.469. The molecule has 3 fully saturated rings. The van der Waals surface area contributed by atoms with E-state index in [0.717, 1.165) is 22.5 Å². The third-order valence-corrected chi connectivity index (χ3v) is 9.86. The SMILES string of the molecule is C/C1=C\[C@@H](C)C/C=C/[C@H]2[C@@H]3O[C@]3(C)[C@@H](C)[C@H]3[C@H](Cc4c[nH]c5ccccc45)NC(=O)C32C(=O)/C=C/C(=O)[C@@H]1O. The number of fused-ring (bicyclic) bond motifs is 3. The molecule has 1 spiro atoms. The Morgan fingerprint density at radius 1 is 1.13 bits per heavy atom. The molecule has 204 valence electrons. The highest BCUT2D eigenvalue weighted by molar-refractivity contribution is 6.15. The molecule has 2 aromatic rings. The predicted molar refractivity (Wildman–Crippen MR) is 148 cm³/mol. The highest BCUT2D eigenvalue weighted by atomic mass is 16.6. The van der Waals surface area contributed by atoms with Crippen molar-refractivity contribution in [1.82, 2.24) is 10.3 Å². The summed E-state index contributed by atoms with van der Waals surface area (Å²) in [6, 6.07) is 7.77. The minimum absolute atomic E-state index is 0.0666. The van der Waals surface area contributed by atoms with Gasteiger partial charge in [-0.05, 0) is 67.9 Å². The number of epoxide rings is 1. The van der Waals surface area contributed by atoms with Crippen LogP contribution in [0.5, 0.6) is 0 Å². The van der Waals surface area contributed by atoms with Crippen molar-refractivity contribution < 1.29 is 24.2 Å². The van der Waals surface area contributed by atoms with Gasteiger partial charge >= 0.3 is 0 Å². The molecule has 7 nitrogen and oxygen atoms in total. The van der Waals surface area contributed by atoms with Crippen LogP contribution in [0, 0.1) is 29.1 Å². The Bertz CT molecular complexity index is 1450. The Hall–Kier alpha value is -3.29. The van der Waals surface area contributed by atoms with Crippen LogP contribution in [0.1, 0.15) is 39.7 Å². The lowest BCUT2D eigenvalue weighted by Gasteiger charge is -2.45. The van der Waals surface area contributed by atoms with Gasteiger partial charge in [0.1, 0.15) is 11.5 Å². The molecule has 39 heavy (non-hydrogen) atoms. The van der Waals surface area contributed by atoms with Crippen LogP contribution in [0.3, 0.4) is 0 Å². The largest absolute Gasteiger partial charge is 0.381 e. The molecule has 1 amide bonds. The molecule has 2 aliphatic heterocycles. The molecule has 0 bridgehead atoms. The highest BCUT2D eigenvalue weighted by Crippen LogP contribution is 2.66. The third-order valence-electron chi connectivity index (χ3n) is 9.86. The molecular weight excluding hydrogens is 492 g/mol. The third kappa shape index (κ3) is 3.81. The van der Waals surface area contributed by atoms with Crippen molar-refractivity contribution in [3.63, 3.8) is 0 Å². The van der Waals surface area contributed by atoms with Crippen molar-refractivity contribution in [2.45, 2.75) is 64.4 Å². The molecule has 2 saturated heterocycles. The van der Waals surface area contributed by atoms with Crippen LogP contribution in [0.15, 0.2) is 66.4 Å². The van der Waals surface area contributed by atoms with Crippen LogP contribution in [0.25, 0.3) is 10.9 Å². The number of aromatic amines is 1. The first-order valence-corrected chi connectivity index (χ1v) is 13.9. The molecule has 1 unspecified atom stereocenters. The number of nitrogens with one attached hydrogen (secondary N) is 2. The van der Waals surface area contributed by atoms with Crippen molar-refractivity contribution in [1.29, 1.82) is 0 Å². The normalized spacial score (nSPS) is 43.1. The smallest absolute Gasteiger partial charge is 0.235 e. The van der Waals surface area contributed by atoms with Gasteiger partial charge in [-0.1, -0.05) is 50.3 Å². The molecule has 3 N–H and O–H groups in total. The summed E-state index contributed by atoms with van der Waals surface area (Å²) in [7, 11) is 0. The monoisotopic (exact) mass is 528 g/mol. The predicted octanol–water partition coefficient (Wildman–Crippen LogP) is 3.83. The number of aromatic nitrogens is 1. The molecule has 1 aromatic carbocycles. The van der Waals surface area contributed by atoms with Gasteiger partial charge in [0, 0.05) is 35.0 Å². The second-order valence-corrected chi connectivity index (χ2v) is 12.1. The average molecular weight is 529 g/mol. The number of aliphatic hydroxyl groups excluding tert-OH is 1. The summed E-state index contributed by atoms with van der Waals surface area (Å²) in [6.07, 6.45) is 9.89. The number of H-pyrrole nitrogens is 1. The molecular formula is C32H36N2O5. The van der Waals surface area contributed by atoms with Crippen molar-refractivity contribution in [2.75, 3.05) is 0 Å². The van der Waals surface area contributed by atoms with Crippen molar-refractivity contribution in [3.05, 3.63) is 72.0 Å². The van der Waals surface area contributed by atoms with E-state index < -0.39 is 34.6 Å².